The minimum Gasteiger partial charge on any atom is -0.292 e. The van der Waals surface area contributed by atoms with Gasteiger partial charge in [0.25, 0.3) is 0 Å². The van der Waals surface area contributed by atoms with Crippen molar-refractivity contribution in [1.82, 2.24) is 38.0 Å². The molecule has 13 aromatic rings. The molecule has 8 heteroatoms. The minimum atomic E-state index is 0.571. The molecule has 0 aliphatic rings. The molecular formula is C54H34N8. The van der Waals surface area contributed by atoms with Crippen molar-refractivity contribution < 1.29 is 0 Å². The lowest BCUT2D eigenvalue weighted by molar-refractivity contribution is 0.953. The summed E-state index contributed by atoms with van der Waals surface area (Å²) in [5.41, 5.74) is 13.5. The number of hydrogen-bond acceptors (Lipinski definition) is 4. The van der Waals surface area contributed by atoms with Crippen molar-refractivity contribution in [3.05, 3.63) is 206 Å². The zero-order chi connectivity index (χ0) is 40.7. The lowest BCUT2D eigenvalue weighted by Gasteiger charge is -2.11. The van der Waals surface area contributed by atoms with Crippen LogP contribution >= 0.6 is 0 Å². The summed E-state index contributed by atoms with van der Waals surface area (Å²) in [5, 5.41) is 3.38. The highest BCUT2D eigenvalue weighted by molar-refractivity contribution is 6.12. The molecule has 62 heavy (non-hydrogen) atoms. The first-order valence-electron chi connectivity index (χ1n) is 20.7. The Morgan fingerprint density at radius 2 is 0.806 bits per heavy atom. The van der Waals surface area contributed by atoms with E-state index >= 15 is 0 Å². The van der Waals surface area contributed by atoms with Crippen molar-refractivity contribution in [3.63, 3.8) is 0 Å². The van der Waals surface area contributed by atoms with Gasteiger partial charge >= 0.3 is 0 Å². The Hall–Kier alpha value is -8.62. The van der Waals surface area contributed by atoms with Crippen LogP contribution in [0.1, 0.15) is 0 Å². The smallest absolute Gasteiger partial charge is 0.238 e. The predicted molar refractivity (Wildman–Crippen MR) is 250 cm³/mol. The second-order valence-electron chi connectivity index (χ2n) is 15.6. The van der Waals surface area contributed by atoms with E-state index in [1.807, 2.05) is 60.7 Å². The fourth-order valence-corrected chi connectivity index (χ4v) is 9.27. The summed E-state index contributed by atoms with van der Waals surface area (Å²) in [4.78, 5) is 20.7. The zero-order valence-electron chi connectivity index (χ0n) is 33.2. The largest absolute Gasteiger partial charge is 0.292 e. The van der Waals surface area contributed by atoms with E-state index in [-0.39, 0.29) is 0 Å². The number of fused-ring (bicyclic) bond motifs is 10. The van der Waals surface area contributed by atoms with Crippen molar-refractivity contribution in [2.45, 2.75) is 0 Å². The molecule has 0 unspecified atom stereocenters. The third kappa shape index (κ3) is 5.13. The van der Waals surface area contributed by atoms with Crippen molar-refractivity contribution in [2.75, 3.05) is 0 Å². The third-order valence-corrected chi connectivity index (χ3v) is 12.0. The second kappa shape index (κ2) is 13.5. The summed E-state index contributed by atoms with van der Waals surface area (Å²) in [6.45, 7) is 0. The van der Waals surface area contributed by atoms with Gasteiger partial charge in [0.05, 0.1) is 27.6 Å². The highest BCUT2D eigenvalue weighted by Crippen LogP contribution is 2.40. The molecule has 13 rings (SSSR count). The molecule has 0 bridgehead atoms. The fourth-order valence-electron chi connectivity index (χ4n) is 9.27. The average molecular weight is 795 g/mol. The molecule has 0 amide bonds. The number of hydrogen-bond donors (Lipinski definition) is 0. The Bertz CT molecular complexity index is 3790. The molecule has 0 saturated heterocycles. The number of benzene rings is 8. The predicted octanol–water partition coefficient (Wildman–Crippen LogP) is 12.7. The standard InChI is InChI=1S/C54H34N8/c1-5-17-35(18-6-1)50-55-51(36-19-7-2-8-20-36)57-53(56-50)61-44-27-15-13-25-41(44)43-33-37(29-31-46(43)61)38-30-32-47-48(34-38)62-49-42-26-14-16-28-45(42)59(39-21-9-3-10-22-39)52(49)58-54(62)60(47)40-23-11-4-12-24-40/h1-34H. The van der Waals surface area contributed by atoms with Crippen LogP contribution in [0.25, 0.3) is 112 Å². The van der Waals surface area contributed by atoms with Crippen LogP contribution in [0.3, 0.4) is 0 Å². The summed E-state index contributed by atoms with van der Waals surface area (Å²) in [6.07, 6.45) is 0. The zero-order valence-corrected chi connectivity index (χ0v) is 33.2. The van der Waals surface area contributed by atoms with Gasteiger partial charge < -0.3 is 0 Å². The lowest BCUT2D eigenvalue weighted by atomic mass is 10.0. The molecule has 0 fully saturated rings. The van der Waals surface area contributed by atoms with E-state index in [1.54, 1.807) is 0 Å². The van der Waals surface area contributed by atoms with Crippen molar-refractivity contribution in [1.29, 1.82) is 0 Å². The van der Waals surface area contributed by atoms with Crippen LogP contribution in [0.5, 0.6) is 0 Å². The maximum absolute atomic E-state index is 5.47. The van der Waals surface area contributed by atoms with E-state index in [9.17, 15) is 0 Å². The van der Waals surface area contributed by atoms with Gasteiger partial charge in [0.1, 0.15) is 5.52 Å². The van der Waals surface area contributed by atoms with Gasteiger partial charge in [-0.3, -0.25) is 18.1 Å². The Labute approximate surface area is 354 Å². The van der Waals surface area contributed by atoms with Gasteiger partial charge in [0.2, 0.25) is 11.7 Å². The second-order valence-corrected chi connectivity index (χ2v) is 15.6. The Kier molecular flexibility index (Phi) is 7.43. The number of para-hydroxylation sites is 4. The normalized spacial score (nSPS) is 11.9. The molecule has 0 atom stereocenters. The van der Waals surface area contributed by atoms with Crippen molar-refractivity contribution in [2.24, 2.45) is 0 Å². The molecule has 0 spiro atoms. The monoisotopic (exact) mass is 794 g/mol. The van der Waals surface area contributed by atoms with Gasteiger partial charge in [-0.15, -0.1) is 0 Å². The fraction of sp³-hybridized carbons (Fsp3) is 0. The van der Waals surface area contributed by atoms with Crippen molar-refractivity contribution in [3.8, 4) is 51.2 Å². The summed E-state index contributed by atoms with van der Waals surface area (Å²) >= 11 is 0. The highest BCUT2D eigenvalue weighted by atomic mass is 15.2. The number of aromatic nitrogens is 8. The molecule has 8 nitrogen and oxygen atoms in total. The summed E-state index contributed by atoms with van der Waals surface area (Å²) < 4.78 is 9.09. The maximum atomic E-state index is 5.47. The average Bonchev–Trinajstić information content (AvgIpc) is 4.07. The number of imidazole rings is 2. The third-order valence-electron chi connectivity index (χ3n) is 12.0. The first-order valence-corrected chi connectivity index (χ1v) is 20.7. The van der Waals surface area contributed by atoms with Crippen molar-refractivity contribution >= 4 is 60.7 Å². The molecule has 0 radical (unpaired) electrons. The van der Waals surface area contributed by atoms with Crippen LogP contribution in [0.4, 0.5) is 0 Å². The van der Waals surface area contributed by atoms with Gasteiger partial charge in [0, 0.05) is 38.7 Å². The Morgan fingerprint density at radius 3 is 1.45 bits per heavy atom. The summed E-state index contributed by atoms with van der Waals surface area (Å²) in [7, 11) is 0. The number of nitrogens with zero attached hydrogens (tertiary/aromatic N) is 8. The van der Waals surface area contributed by atoms with Gasteiger partial charge in [-0.05, 0) is 71.8 Å². The molecule has 290 valence electrons. The molecule has 5 heterocycles. The molecular weight excluding hydrogens is 761 g/mol. The minimum absolute atomic E-state index is 0.571. The van der Waals surface area contributed by atoms with Gasteiger partial charge in [-0.2, -0.15) is 15.0 Å². The van der Waals surface area contributed by atoms with E-state index in [2.05, 4.69) is 164 Å². The van der Waals surface area contributed by atoms with Gasteiger partial charge in [-0.1, -0.05) is 146 Å². The van der Waals surface area contributed by atoms with E-state index in [1.165, 1.54) is 0 Å². The van der Waals surface area contributed by atoms with E-state index < -0.39 is 0 Å². The number of rotatable bonds is 6. The summed E-state index contributed by atoms with van der Waals surface area (Å²) in [6, 6.07) is 71.9. The van der Waals surface area contributed by atoms with Gasteiger partial charge in [0.15, 0.2) is 17.3 Å². The maximum Gasteiger partial charge on any atom is 0.238 e. The molecule has 5 aromatic heterocycles. The van der Waals surface area contributed by atoms with Crippen LogP contribution in [0.2, 0.25) is 0 Å². The molecule has 0 N–H and O–H groups in total. The van der Waals surface area contributed by atoms with E-state index in [0.717, 1.165) is 94.3 Å². The molecule has 0 saturated carbocycles. The highest BCUT2D eigenvalue weighted by Gasteiger charge is 2.24. The lowest BCUT2D eigenvalue weighted by Crippen LogP contribution is -2.06. The van der Waals surface area contributed by atoms with Crippen LogP contribution < -0.4 is 0 Å². The molecule has 0 aliphatic carbocycles. The van der Waals surface area contributed by atoms with Gasteiger partial charge in [-0.25, -0.2) is 4.98 Å². The van der Waals surface area contributed by atoms with Crippen LogP contribution in [0.15, 0.2) is 206 Å². The quantitative estimate of drug-likeness (QED) is 0.168. The molecule has 8 aromatic carbocycles. The Balaban J connectivity index is 1.04. The SMILES string of the molecule is c1ccc(-c2nc(-c3ccccc3)nc(-n3c4ccccc4c4cc(-c5ccc6c(c5)n5c7c8ccccc8n(-c8ccccc8)c7nc5n6-c5ccccc5)ccc43)n2)cc1. The summed E-state index contributed by atoms with van der Waals surface area (Å²) in [5.74, 6) is 2.69. The molecule has 0 aliphatic heterocycles. The van der Waals surface area contributed by atoms with E-state index in [0.29, 0.717) is 17.6 Å². The van der Waals surface area contributed by atoms with E-state index in [4.69, 9.17) is 19.9 Å². The van der Waals surface area contributed by atoms with Crippen LogP contribution in [0, 0.1) is 0 Å². The van der Waals surface area contributed by atoms with Crippen LogP contribution in [-0.4, -0.2) is 38.0 Å². The van der Waals surface area contributed by atoms with Crippen LogP contribution in [-0.2, 0) is 0 Å². The first kappa shape index (κ1) is 34.3. The Morgan fingerprint density at radius 1 is 0.306 bits per heavy atom. The first-order chi connectivity index (χ1) is 30.8. The topological polar surface area (TPSA) is 70.8 Å².